The smallest absolute Gasteiger partial charge is 0.338 e. The SMILES string of the molecule is C=C(P)/C=C(\C=C/CC1CCC1)C(=O)OCC.CCCCC. The van der Waals surface area contributed by atoms with Crippen molar-refractivity contribution in [2.24, 2.45) is 5.92 Å². The van der Waals surface area contributed by atoms with Crippen LogP contribution in [0.15, 0.2) is 35.7 Å². The van der Waals surface area contributed by atoms with E-state index in [9.17, 15) is 4.79 Å². The number of allylic oxidation sites excluding steroid dienone is 3. The first-order valence-electron chi connectivity index (χ1n) is 8.54. The Labute approximate surface area is 139 Å². The van der Waals surface area contributed by atoms with Crippen LogP contribution in [-0.4, -0.2) is 12.6 Å². The number of rotatable bonds is 8. The highest BCUT2D eigenvalue weighted by Gasteiger charge is 2.15. The van der Waals surface area contributed by atoms with Gasteiger partial charge in [0.05, 0.1) is 12.2 Å². The van der Waals surface area contributed by atoms with Crippen LogP contribution in [0.5, 0.6) is 0 Å². The minimum atomic E-state index is -0.277. The summed E-state index contributed by atoms with van der Waals surface area (Å²) in [4.78, 5) is 11.6. The summed E-state index contributed by atoms with van der Waals surface area (Å²) in [5.74, 6) is 0.537. The molecule has 0 amide bonds. The van der Waals surface area contributed by atoms with Gasteiger partial charge in [-0.15, -0.1) is 9.24 Å². The lowest BCUT2D eigenvalue weighted by molar-refractivity contribution is -0.138. The molecule has 0 aliphatic heterocycles. The van der Waals surface area contributed by atoms with E-state index >= 15 is 0 Å². The maximum Gasteiger partial charge on any atom is 0.338 e. The Morgan fingerprint density at radius 2 is 1.91 bits per heavy atom. The summed E-state index contributed by atoms with van der Waals surface area (Å²) >= 11 is 0. The van der Waals surface area contributed by atoms with Crippen molar-refractivity contribution in [2.75, 3.05) is 6.61 Å². The highest BCUT2D eigenvalue weighted by Crippen LogP contribution is 2.29. The van der Waals surface area contributed by atoms with E-state index < -0.39 is 0 Å². The van der Waals surface area contributed by atoms with Gasteiger partial charge < -0.3 is 4.74 Å². The third-order valence-corrected chi connectivity index (χ3v) is 3.72. The standard InChI is InChI=1S/C14H21O2P.C5H12/c1-3-16-14(15)13(10-11(2)17)9-5-8-12-6-4-7-12;1-3-5-4-2/h5,9-10,12H,2-4,6-8,17H2,1H3;3-5H2,1-2H3/b9-5-,13-10+;. The minimum Gasteiger partial charge on any atom is -0.462 e. The average molecular weight is 324 g/mol. The minimum absolute atomic E-state index is 0.277. The summed E-state index contributed by atoms with van der Waals surface area (Å²) in [6.45, 7) is 10.4. The molecule has 1 atom stereocenters. The van der Waals surface area contributed by atoms with Gasteiger partial charge in [0.25, 0.3) is 0 Å². The van der Waals surface area contributed by atoms with Gasteiger partial charge in [-0.05, 0) is 30.7 Å². The monoisotopic (exact) mass is 324 g/mol. The van der Waals surface area contributed by atoms with E-state index in [2.05, 4.69) is 35.7 Å². The van der Waals surface area contributed by atoms with Gasteiger partial charge in [0.1, 0.15) is 0 Å². The van der Waals surface area contributed by atoms with Crippen LogP contribution in [0.4, 0.5) is 0 Å². The van der Waals surface area contributed by atoms with Crippen LogP contribution in [0.1, 0.15) is 65.7 Å². The number of carbonyl (C=O) groups is 1. The third-order valence-electron chi connectivity index (χ3n) is 3.55. The van der Waals surface area contributed by atoms with Crippen LogP contribution in [0.25, 0.3) is 0 Å². The zero-order chi connectivity index (χ0) is 16.8. The molecule has 22 heavy (non-hydrogen) atoms. The van der Waals surface area contributed by atoms with Crippen LogP contribution in [0.3, 0.4) is 0 Å². The summed E-state index contributed by atoms with van der Waals surface area (Å²) < 4.78 is 4.99. The molecule has 126 valence electrons. The first kappa shape index (κ1) is 21.1. The Balaban J connectivity index is 0.000000763. The zero-order valence-corrected chi connectivity index (χ0v) is 15.7. The van der Waals surface area contributed by atoms with Gasteiger partial charge in [0, 0.05) is 0 Å². The molecule has 0 saturated heterocycles. The molecule has 1 unspecified atom stereocenters. The molecule has 0 radical (unpaired) electrons. The second-order valence-electron chi connectivity index (χ2n) is 5.68. The van der Waals surface area contributed by atoms with Crippen molar-refractivity contribution in [2.45, 2.75) is 65.7 Å². The van der Waals surface area contributed by atoms with Crippen molar-refractivity contribution < 1.29 is 9.53 Å². The molecular formula is C19H33O2P. The summed E-state index contributed by atoms with van der Waals surface area (Å²) in [7, 11) is 2.48. The number of unbranched alkanes of at least 4 members (excludes halogenated alkanes) is 2. The fourth-order valence-corrected chi connectivity index (χ4v) is 2.24. The second kappa shape index (κ2) is 13.8. The third kappa shape index (κ3) is 10.8. The Hall–Kier alpha value is -0.880. The molecule has 1 saturated carbocycles. The zero-order valence-electron chi connectivity index (χ0n) is 14.6. The van der Waals surface area contributed by atoms with Gasteiger partial charge in [-0.3, -0.25) is 0 Å². The summed E-state index contributed by atoms with van der Waals surface area (Å²) in [6.07, 6.45) is 14.8. The van der Waals surface area contributed by atoms with Crippen LogP contribution in [-0.2, 0) is 9.53 Å². The number of hydrogen-bond donors (Lipinski definition) is 0. The van der Waals surface area contributed by atoms with Crippen LogP contribution >= 0.6 is 9.24 Å². The summed E-state index contributed by atoms with van der Waals surface area (Å²) in [6, 6.07) is 0. The largest absolute Gasteiger partial charge is 0.462 e. The van der Waals surface area contributed by atoms with Crippen molar-refractivity contribution >= 4 is 15.2 Å². The van der Waals surface area contributed by atoms with Crippen molar-refractivity contribution in [1.29, 1.82) is 0 Å². The Morgan fingerprint density at radius 3 is 2.27 bits per heavy atom. The molecule has 0 aromatic carbocycles. The number of hydrogen-bond acceptors (Lipinski definition) is 2. The highest BCUT2D eigenvalue weighted by molar-refractivity contribution is 7.22. The van der Waals surface area contributed by atoms with Crippen molar-refractivity contribution in [1.82, 2.24) is 0 Å². The molecule has 1 aliphatic carbocycles. The molecule has 0 spiro atoms. The summed E-state index contributed by atoms with van der Waals surface area (Å²) in [5.41, 5.74) is 0.575. The first-order chi connectivity index (χ1) is 10.5. The predicted octanol–water partition coefficient (Wildman–Crippen LogP) is 5.81. The van der Waals surface area contributed by atoms with Gasteiger partial charge in [-0.1, -0.05) is 71.1 Å². The quantitative estimate of drug-likeness (QED) is 0.244. The number of esters is 1. The molecule has 2 nitrogen and oxygen atoms in total. The summed E-state index contributed by atoms with van der Waals surface area (Å²) in [5, 5.41) is 0.779. The number of ether oxygens (including phenoxy) is 1. The molecular weight excluding hydrogens is 291 g/mol. The van der Waals surface area contributed by atoms with Crippen molar-refractivity contribution in [3.63, 3.8) is 0 Å². The van der Waals surface area contributed by atoms with E-state index in [0.29, 0.717) is 12.2 Å². The van der Waals surface area contributed by atoms with E-state index in [1.54, 1.807) is 6.08 Å². The Morgan fingerprint density at radius 1 is 1.27 bits per heavy atom. The van der Waals surface area contributed by atoms with E-state index in [1.165, 1.54) is 38.5 Å². The van der Waals surface area contributed by atoms with E-state index in [4.69, 9.17) is 4.74 Å². The molecule has 0 aromatic rings. The molecule has 0 N–H and O–H groups in total. The van der Waals surface area contributed by atoms with Gasteiger partial charge in [0.2, 0.25) is 0 Å². The molecule has 1 fully saturated rings. The molecule has 0 bridgehead atoms. The van der Waals surface area contributed by atoms with Gasteiger partial charge in [-0.25, -0.2) is 4.79 Å². The molecule has 1 rings (SSSR count). The molecule has 3 heteroatoms. The number of carbonyl (C=O) groups excluding carboxylic acids is 1. The maximum atomic E-state index is 11.6. The average Bonchev–Trinajstić information content (AvgIpc) is 2.41. The fourth-order valence-electron chi connectivity index (χ4n) is 2.06. The fraction of sp³-hybridized carbons (Fsp3) is 0.632. The lowest BCUT2D eigenvalue weighted by atomic mass is 9.83. The molecule has 0 heterocycles. The second-order valence-corrected chi connectivity index (χ2v) is 6.43. The van der Waals surface area contributed by atoms with Gasteiger partial charge >= 0.3 is 5.97 Å². The maximum absolute atomic E-state index is 11.6. The normalized spacial score (nSPS) is 15.0. The van der Waals surface area contributed by atoms with Gasteiger partial charge in [0.15, 0.2) is 0 Å². The molecule has 0 aromatic heterocycles. The van der Waals surface area contributed by atoms with E-state index in [1.807, 2.05) is 13.0 Å². The van der Waals surface area contributed by atoms with Crippen LogP contribution < -0.4 is 0 Å². The van der Waals surface area contributed by atoms with Crippen molar-refractivity contribution in [3.05, 3.63) is 35.7 Å². The lowest BCUT2D eigenvalue weighted by Gasteiger charge is -2.23. The predicted molar refractivity (Wildman–Crippen MR) is 99.9 cm³/mol. The van der Waals surface area contributed by atoms with E-state index in [-0.39, 0.29) is 5.97 Å². The van der Waals surface area contributed by atoms with Crippen LogP contribution in [0.2, 0.25) is 0 Å². The molecule has 1 aliphatic rings. The topological polar surface area (TPSA) is 26.3 Å². The lowest BCUT2D eigenvalue weighted by Crippen LogP contribution is -2.09. The Kier molecular flexibility index (Phi) is 13.2. The van der Waals surface area contributed by atoms with Crippen molar-refractivity contribution in [3.8, 4) is 0 Å². The van der Waals surface area contributed by atoms with Crippen LogP contribution in [0, 0.1) is 5.92 Å². The van der Waals surface area contributed by atoms with Gasteiger partial charge in [-0.2, -0.15) is 0 Å². The Bertz CT molecular complexity index is 377. The first-order valence-corrected chi connectivity index (χ1v) is 9.12. The van der Waals surface area contributed by atoms with E-state index in [0.717, 1.165) is 17.7 Å². The highest BCUT2D eigenvalue weighted by atomic mass is 31.0.